The van der Waals surface area contributed by atoms with Gasteiger partial charge in [0, 0.05) is 45.3 Å². The van der Waals surface area contributed by atoms with Gasteiger partial charge in [-0.25, -0.2) is 12.7 Å². The van der Waals surface area contributed by atoms with Crippen LogP contribution < -0.4 is 0 Å². The molecule has 0 atom stereocenters. The largest absolute Gasteiger partial charge is 0.347 e. The van der Waals surface area contributed by atoms with Crippen LogP contribution in [0.4, 0.5) is 0 Å². The third-order valence-electron chi connectivity index (χ3n) is 5.43. The third kappa shape index (κ3) is 3.51. The molecule has 2 aliphatic heterocycles. The summed E-state index contributed by atoms with van der Waals surface area (Å²) in [5, 5.41) is 4.10. The number of hydrogen-bond acceptors (Lipinski definition) is 6. The first-order valence-corrected chi connectivity index (χ1v) is 10.9. The Kier molecular flexibility index (Phi) is 4.55. The van der Waals surface area contributed by atoms with E-state index >= 15 is 0 Å². The molecule has 27 heavy (non-hydrogen) atoms. The number of aryl methyl sites for hydroxylation is 1. The monoisotopic (exact) mass is 393 g/mol. The Balaban J connectivity index is 1.34. The molecule has 0 aliphatic carbocycles. The average Bonchev–Trinajstić information content (AvgIpc) is 3.22. The molecule has 2 fully saturated rings. The van der Waals surface area contributed by atoms with Crippen LogP contribution in [0.2, 0.25) is 0 Å². The first-order chi connectivity index (χ1) is 12.8. The van der Waals surface area contributed by atoms with Crippen molar-refractivity contribution in [3.8, 4) is 0 Å². The highest BCUT2D eigenvalue weighted by molar-refractivity contribution is 7.88. The minimum absolute atomic E-state index is 0.00614. The highest BCUT2D eigenvalue weighted by atomic mass is 32.2. The van der Waals surface area contributed by atoms with Crippen LogP contribution in [0.15, 0.2) is 22.9 Å². The summed E-state index contributed by atoms with van der Waals surface area (Å²) in [6, 6.07) is 3.66. The van der Waals surface area contributed by atoms with E-state index < -0.39 is 10.0 Å². The third-order valence-corrected chi connectivity index (χ3v) is 6.73. The molecule has 2 aliphatic rings. The molecule has 0 aromatic carbocycles. The van der Waals surface area contributed by atoms with Gasteiger partial charge in [-0.05, 0) is 25.0 Å². The maximum absolute atomic E-state index is 12.4. The zero-order valence-corrected chi connectivity index (χ0v) is 16.2. The number of amides is 1. The van der Waals surface area contributed by atoms with Gasteiger partial charge in [0.1, 0.15) is 5.69 Å². The van der Waals surface area contributed by atoms with Crippen molar-refractivity contribution in [3.05, 3.63) is 35.7 Å². The quantitative estimate of drug-likeness (QED) is 0.761. The van der Waals surface area contributed by atoms with E-state index in [2.05, 4.69) is 10.1 Å². The number of nitrogens with zero attached hydrogens (tertiary/aromatic N) is 5. The van der Waals surface area contributed by atoms with Crippen molar-refractivity contribution < 1.29 is 17.7 Å². The van der Waals surface area contributed by atoms with Crippen molar-refractivity contribution in [1.29, 1.82) is 0 Å². The standard InChI is InChI=1S/C17H23N5O4S/c1-20-7-3-4-14(20)17(23)21-10-13(11-21)16-18-15(19-26-16)12-5-8-22(9-6-12)27(2,24)25/h3-4,7,12-13H,5-6,8-11H2,1-2H3. The van der Waals surface area contributed by atoms with Crippen molar-refractivity contribution in [2.24, 2.45) is 7.05 Å². The fourth-order valence-corrected chi connectivity index (χ4v) is 4.54. The molecule has 0 unspecified atom stereocenters. The van der Waals surface area contributed by atoms with Gasteiger partial charge in [-0.15, -0.1) is 0 Å². The molecular formula is C17H23N5O4S. The van der Waals surface area contributed by atoms with E-state index in [1.165, 1.54) is 10.6 Å². The molecule has 0 bridgehead atoms. The Hall–Kier alpha value is -2.20. The minimum atomic E-state index is -3.14. The SMILES string of the molecule is Cn1cccc1C(=O)N1CC(c2nc(C3CCN(S(C)(=O)=O)CC3)no2)C1. The molecule has 1 amide bonds. The van der Waals surface area contributed by atoms with Gasteiger partial charge in [-0.1, -0.05) is 5.16 Å². The number of carbonyl (C=O) groups is 1. The molecular weight excluding hydrogens is 370 g/mol. The minimum Gasteiger partial charge on any atom is -0.347 e. The lowest BCUT2D eigenvalue weighted by Crippen LogP contribution is -2.49. The van der Waals surface area contributed by atoms with E-state index in [-0.39, 0.29) is 17.7 Å². The Morgan fingerprint density at radius 2 is 1.93 bits per heavy atom. The van der Waals surface area contributed by atoms with Gasteiger partial charge in [0.15, 0.2) is 5.82 Å². The summed E-state index contributed by atoms with van der Waals surface area (Å²) in [5.74, 6) is 1.39. The molecule has 0 spiro atoms. The van der Waals surface area contributed by atoms with E-state index in [9.17, 15) is 13.2 Å². The summed E-state index contributed by atoms with van der Waals surface area (Å²) < 4.78 is 31.9. The van der Waals surface area contributed by atoms with Gasteiger partial charge in [0.05, 0.1) is 12.2 Å². The second-order valence-corrected chi connectivity index (χ2v) is 9.32. The second-order valence-electron chi connectivity index (χ2n) is 7.34. The maximum atomic E-state index is 12.4. The molecule has 0 N–H and O–H groups in total. The van der Waals surface area contributed by atoms with E-state index in [1.54, 1.807) is 4.90 Å². The smallest absolute Gasteiger partial charge is 0.270 e. The first-order valence-electron chi connectivity index (χ1n) is 9.02. The van der Waals surface area contributed by atoms with Crippen LogP contribution in [-0.2, 0) is 17.1 Å². The van der Waals surface area contributed by atoms with Gasteiger partial charge in [-0.3, -0.25) is 4.79 Å². The predicted octanol–water partition coefficient (Wildman–Crippen LogP) is 0.787. The van der Waals surface area contributed by atoms with Crippen molar-refractivity contribution in [2.45, 2.75) is 24.7 Å². The summed E-state index contributed by atoms with van der Waals surface area (Å²) >= 11 is 0. The number of likely N-dealkylation sites (tertiary alicyclic amines) is 1. The van der Waals surface area contributed by atoms with Gasteiger partial charge in [0.2, 0.25) is 15.9 Å². The number of piperidine rings is 1. The van der Waals surface area contributed by atoms with Crippen LogP contribution in [0.5, 0.6) is 0 Å². The fourth-order valence-electron chi connectivity index (χ4n) is 3.67. The van der Waals surface area contributed by atoms with Gasteiger partial charge in [0.25, 0.3) is 5.91 Å². The molecule has 146 valence electrons. The topological polar surface area (TPSA) is 102 Å². The summed E-state index contributed by atoms with van der Waals surface area (Å²) in [5.41, 5.74) is 0.664. The van der Waals surface area contributed by atoms with Crippen molar-refractivity contribution >= 4 is 15.9 Å². The van der Waals surface area contributed by atoms with Crippen molar-refractivity contribution in [3.63, 3.8) is 0 Å². The molecule has 10 heteroatoms. The van der Waals surface area contributed by atoms with Crippen LogP contribution in [0.1, 0.15) is 46.9 Å². The van der Waals surface area contributed by atoms with E-state index in [1.807, 2.05) is 29.9 Å². The summed E-state index contributed by atoms with van der Waals surface area (Å²) in [6.45, 7) is 2.10. The second kappa shape index (κ2) is 6.75. The van der Waals surface area contributed by atoms with Crippen molar-refractivity contribution in [2.75, 3.05) is 32.4 Å². The number of hydrogen-bond donors (Lipinski definition) is 0. The predicted molar refractivity (Wildman–Crippen MR) is 96.7 cm³/mol. The molecule has 0 saturated carbocycles. The lowest BCUT2D eigenvalue weighted by atomic mass is 9.97. The Morgan fingerprint density at radius 1 is 1.22 bits per heavy atom. The van der Waals surface area contributed by atoms with E-state index in [0.29, 0.717) is 56.4 Å². The lowest BCUT2D eigenvalue weighted by Gasteiger charge is -2.37. The Morgan fingerprint density at radius 3 is 2.52 bits per heavy atom. The zero-order chi connectivity index (χ0) is 19.2. The fraction of sp³-hybridized carbons (Fsp3) is 0.588. The zero-order valence-electron chi connectivity index (χ0n) is 15.4. The summed E-state index contributed by atoms with van der Waals surface area (Å²) in [6.07, 6.45) is 4.46. The van der Waals surface area contributed by atoms with Gasteiger partial charge in [-0.2, -0.15) is 4.98 Å². The molecule has 0 radical (unpaired) electrons. The van der Waals surface area contributed by atoms with Gasteiger partial charge < -0.3 is 14.0 Å². The Bertz CT molecular complexity index is 936. The van der Waals surface area contributed by atoms with Crippen LogP contribution in [0.3, 0.4) is 0 Å². The highest BCUT2D eigenvalue weighted by Gasteiger charge is 2.37. The normalized spacial score (nSPS) is 20.0. The summed E-state index contributed by atoms with van der Waals surface area (Å²) in [7, 11) is -1.29. The molecule has 4 heterocycles. The molecule has 4 rings (SSSR count). The van der Waals surface area contributed by atoms with Crippen LogP contribution >= 0.6 is 0 Å². The number of aromatic nitrogens is 3. The van der Waals surface area contributed by atoms with Crippen LogP contribution in [-0.4, -0.2) is 70.7 Å². The maximum Gasteiger partial charge on any atom is 0.270 e. The molecule has 9 nitrogen and oxygen atoms in total. The van der Waals surface area contributed by atoms with Crippen LogP contribution in [0.25, 0.3) is 0 Å². The number of carbonyl (C=O) groups excluding carboxylic acids is 1. The molecule has 2 aromatic rings. The van der Waals surface area contributed by atoms with Gasteiger partial charge >= 0.3 is 0 Å². The first kappa shape index (κ1) is 18.2. The average molecular weight is 393 g/mol. The van der Waals surface area contributed by atoms with E-state index in [0.717, 1.165) is 0 Å². The highest BCUT2D eigenvalue weighted by Crippen LogP contribution is 2.31. The molecule has 2 saturated heterocycles. The van der Waals surface area contributed by atoms with Crippen molar-refractivity contribution in [1.82, 2.24) is 23.9 Å². The summed E-state index contributed by atoms with van der Waals surface area (Å²) in [4.78, 5) is 18.7. The Labute approximate surface area is 158 Å². The van der Waals surface area contributed by atoms with E-state index in [4.69, 9.17) is 4.52 Å². The lowest BCUT2D eigenvalue weighted by molar-refractivity contribution is 0.0559. The number of rotatable bonds is 4. The molecule has 2 aromatic heterocycles. The number of sulfonamides is 1. The van der Waals surface area contributed by atoms with Crippen LogP contribution in [0, 0.1) is 0 Å².